The fourth-order valence-electron chi connectivity index (χ4n) is 3.83. The van der Waals surface area contributed by atoms with E-state index in [9.17, 15) is 8.42 Å². The van der Waals surface area contributed by atoms with Gasteiger partial charge in [-0.05, 0) is 12.8 Å². The van der Waals surface area contributed by atoms with Crippen molar-refractivity contribution in [3.05, 3.63) is 47.9 Å². The highest BCUT2D eigenvalue weighted by Gasteiger charge is 2.42. The van der Waals surface area contributed by atoms with Gasteiger partial charge in [-0.1, -0.05) is 44.2 Å². The number of rotatable bonds is 4. The van der Waals surface area contributed by atoms with Crippen LogP contribution in [0, 0.1) is 12.8 Å². The third kappa shape index (κ3) is 2.94. The van der Waals surface area contributed by atoms with Gasteiger partial charge in [-0.2, -0.15) is 14.5 Å². The number of aryl methyl sites for hydroxylation is 2. The van der Waals surface area contributed by atoms with E-state index in [-0.39, 0.29) is 10.9 Å². The van der Waals surface area contributed by atoms with E-state index in [2.05, 4.69) is 10.2 Å². The van der Waals surface area contributed by atoms with E-state index >= 15 is 0 Å². The monoisotopic (exact) mass is 400 g/mol. The quantitative estimate of drug-likeness (QED) is 0.671. The predicted octanol–water partition coefficient (Wildman–Crippen LogP) is 2.39. The number of hydrogen-bond donors (Lipinski definition) is 0. The van der Waals surface area contributed by atoms with Gasteiger partial charge in [0.1, 0.15) is 5.82 Å². The summed E-state index contributed by atoms with van der Waals surface area (Å²) in [5.74, 6) is 1.34. The third-order valence-electron chi connectivity index (χ3n) is 5.08. The van der Waals surface area contributed by atoms with E-state index in [4.69, 9.17) is 4.98 Å². The van der Waals surface area contributed by atoms with Crippen LogP contribution in [0.5, 0.6) is 0 Å². The fraction of sp³-hybridized carbons (Fsp3) is 0.421. The Kier molecular flexibility index (Phi) is 4.59. The Hall–Kier alpha value is -2.52. The molecule has 148 valence electrons. The first-order chi connectivity index (χ1) is 13.3. The molecule has 3 heterocycles. The van der Waals surface area contributed by atoms with E-state index in [0.29, 0.717) is 30.3 Å². The van der Waals surface area contributed by atoms with Crippen molar-refractivity contribution in [1.82, 2.24) is 28.9 Å². The van der Waals surface area contributed by atoms with Crippen LogP contribution in [-0.4, -0.2) is 43.8 Å². The normalized spacial score (nSPS) is 17.8. The van der Waals surface area contributed by atoms with Crippen molar-refractivity contribution >= 4 is 10.0 Å². The molecule has 1 atom stereocenters. The molecular weight excluding hydrogens is 376 g/mol. The molecule has 1 aliphatic heterocycles. The van der Waals surface area contributed by atoms with Gasteiger partial charge in [-0.3, -0.25) is 4.68 Å². The first-order valence-corrected chi connectivity index (χ1v) is 10.8. The smallest absolute Gasteiger partial charge is 0.256 e. The van der Waals surface area contributed by atoms with Crippen molar-refractivity contribution in [2.24, 2.45) is 13.0 Å². The van der Waals surface area contributed by atoms with Crippen LogP contribution in [0.15, 0.2) is 41.6 Å². The first kappa shape index (κ1) is 18.8. The lowest BCUT2D eigenvalue weighted by molar-refractivity contribution is 0.201. The second kappa shape index (κ2) is 6.82. The fourth-order valence-corrected chi connectivity index (χ4v) is 5.85. The van der Waals surface area contributed by atoms with Gasteiger partial charge in [-0.25, -0.2) is 18.1 Å². The van der Waals surface area contributed by atoms with Gasteiger partial charge in [0.15, 0.2) is 10.9 Å². The standard InChI is InChI=1S/C19H24N6O2S/c1-13(2)16-18-21-17(15-8-6-5-7-9-15)22-24(18)10-11-25(16)28(26,27)19-14(3)12-20-23(19)4/h5-9,12-13,16H,10-11H2,1-4H3/t16-/m0/s1. The average molecular weight is 401 g/mol. The molecule has 0 fully saturated rings. The van der Waals surface area contributed by atoms with Crippen LogP contribution in [-0.2, 0) is 23.6 Å². The molecule has 0 amide bonds. The average Bonchev–Trinajstić information content (AvgIpc) is 3.24. The molecule has 0 saturated heterocycles. The minimum atomic E-state index is -3.72. The van der Waals surface area contributed by atoms with Gasteiger partial charge in [0.2, 0.25) is 0 Å². The number of fused-ring (bicyclic) bond motifs is 1. The van der Waals surface area contributed by atoms with Crippen LogP contribution in [0.25, 0.3) is 11.4 Å². The molecular formula is C19H24N6O2S. The lowest BCUT2D eigenvalue weighted by Crippen LogP contribution is -2.45. The molecule has 2 aromatic heterocycles. The molecule has 8 nitrogen and oxygen atoms in total. The van der Waals surface area contributed by atoms with E-state index in [1.54, 1.807) is 24.5 Å². The Bertz CT molecular complexity index is 1080. The summed E-state index contributed by atoms with van der Waals surface area (Å²) < 4.78 is 31.8. The van der Waals surface area contributed by atoms with Crippen LogP contribution in [0.4, 0.5) is 0 Å². The van der Waals surface area contributed by atoms with Crippen molar-refractivity contribution in [3.63, 3.8) is 0 Å². The molecule has 0 bridgehead atoms. The molecule has 1 aliphatic rings. The summed E-state index contributed by atoms with van der Waals surface area (Å²) in [5, 5.41) is 8.98. The Balaban J connectivity index is 1.80. The maximum Gasteiger partial charge on any atom is 0.261 e. The van der Waals surface area contributed by atoms with Gasteiger partial charge in [0.05, 0.1) is 18.8 Å². The zero-order valence-corrected chi connectivity index (χ0v) is 17.3. The molecule has 3 aromatic rings. The van der Waals surface area contributed by atoms with Crippen molar-refractivity contribution in [2.45, 2.75) is 38.4 Å². The van der Waals surface area contributed by atoms with Gasteiger partial charge >= 0.3 is 0 Å². The Labute approximate surface area is 164 Å². The molecule has 0 radical (unpaired) electrons. The van der Waals surface area contributed by atoms with Gasteiger partial charge in [0.25, 0.3) is 10.0 Å². The molecule has 0 spiro atoms. The lowest BCUT2D eigenvalue weighted by Gasteiger charge is -2.36. The largest absolute Gasteiger partial charge is 0.261 e. The van der Waals surface area contributed by atoms with E-state index in [0.717, 1.165) is 5.56 Å². The second-order valence-corrected chi connectivity index (χ2v) is 9.25. The van der Waals surface area contributed by atoms with Crippen LogP contribution >= 0.6 is 0 Å². The maximum absolute atomic E-state index is 13.5. The zero-order chi connectivity index (χ0) is 20.1. The first-order valence-electron chi connectivity index (χ1n) is 9.31. The number of hydrogen-bond acceptors (Lipinski definition) is 5. The van der Waals surface area contributed by atoms with Gasteiger partial charge in [0, 0.05) is 24.7 Å². The lowest BCUT2D eigenvalue weighted by atomic mass is 10.0. The molecule has 28 heavy (non-hydrogen) atoms. The number of aromatic nitrogens is 5. The van der Waals surface area contributed by atoms with Crippen molar-refractivity contribution in [1.29, 1.82) is 0 Å². The molecule has 0 aliphatic carbocycles. The van der Waals surface area contributed by atoms with Crippen LogP contribution in [0.2, 0.25) is 0 Å². The molecule has 0 N–H and O–H groups in total. The van der Waals surface area contributed by atoms with Crippen LogP contribution in [0.1, 0.15) is 31.3 Å². The summed E-state index contributed by atoms with van der Waals surface area (Å²) in [6.45, 7) is 6.60. The molecule has 0 saturated carbocycles. The summed E-state index contributed by atoms with van der Waals surface area (Å²) in [6.07, 6.45) is 1.58. The molecule has 0 unspecified atom stereocenters. The minimum Gasteiger partial charge on any atom is -0.256 e. The number of sulfonamides is 1. The highest BCUT2D eigenvalue weighted by atomic mass is 32.2. The van der Waals surface area contributed by atoms with E-state index in [1.165, 1.54) is 4.68 Å². The highest BCUT2D eigenvalue weighted by Crippen LogP contribution is 2.36. The topological polar surface area (TPSA) is 85.9 Å². The van der Waals surface area contributed by atoms with Gasteiger partial charge < -0.3 is 0 Å². The summed E-state index contributed by atoms with van der Waals surface area (Å²) in [7, 11) is -2.06. The Morgan fingerprint density at radius 1 is 1.14 bits per heavy atom. The van der Waals surface area contributed by atoms with E-state index in [1.807, 2.05) is 48.9 Å². The Morgan fingerprint density at radius 2 is 1.86 bits per heavy atom. The van der Waals surface area contributed by atoms with Crippen LogP contribution < -0.4 is 0 Å². The number of benzene rings is 1. The third-order valence-corrected chi connectivity index (χ3v) is 7.18. The van der Waals surface area contributed by atoms with Gasteiger partial charge in [-0.15, -0.1) is 0 Å². The minimum absolute atomic E-state index is 0.0372. The van der Waals surface area contributed by atoms with Crippen LogP contribution in [0.3, 0.4) is 0 Å². The van der Waals surface area contributed by atoms with E-state index < -0.39 is 16.1 Å². The van der Waals surface area contributed by atoms with Crippen molar-refractivity contribution in [3.8, 4) is 11.4 Å². The summed E-state index contributed by atoms with van der Waals surface area (Å²) in [5.41, 5.74) is 1.56. The molecule has 1 aromatic carbocycles. The summed E-state index contributed by atoms with van der Waals surface area (Å²) in [6, 6.07) is 9.35. The molecule has 4 rings (SSSR count). The number of nitrogens with zero attached hydrogens (tertiary/aromatic N) is 6. The maximum atomic E-state index is 13.5. The zero-order valence-electron chi connectivity index (χ0n) is 16.4. The van der Waals surface area contributed by atoms with Crippen molar-refractivity contribution < 1.29 is 8.42 Å². The highest BCUT2D eigenvalue weighted by molar-refractivity contribution is 7.89. The Morgan fingerprint density at radius 3 is 2.46 bits per heavy atom. The SMILES string of the molecule is Cc1cnn(C)c1S(=O)(=O)N1CCn2nc(-c3ccccc3)nc2[C@@H]1C(C)C. The molecule has 9 heteroatoms. The predicted molar refractivity (Wildman–Crippen MR) is 105 cm³/mol. The van der Waals surface area contributed by atoms with Crippen molar-refractivity contribution in [2.75, 3.05) is 6.54 Å². The summed E-state index contributed by atoms with van der Waals surface area (Å²) >= 11 is 0. The summed E-state index contributed by atoms with van der Waals surface area (Å²) in [4.78, 5) is 4.74. The second-order valence-electron chi connectivity index (χ2n) is 7.44.